The topological polar surface area (TPSA) is 58.3 Å². The molecule has 1 aromatic heterocycles. The van der Waals surface area contributed by atoms with Crippen molar-refractivity contribution in [1.29, 1.82) is 0 Å². The fourth-order valence-corrected chi connectivity index (χ4v) is 2.93. The van der Waals surface area contributed by atoms with Gasteiger partial charge in [-0.25, -0.2) is 0 Å². The molecule has 3 aromatic rings. The third-order valence-electron chi connectivity index (χ3n) is 4.44. The summed E-state index contributed by atoms with van der Waals surface area (Å²) in [5.41, 5.74) is 3.13. The van der Waals surface area contributed by atoms with Gasteiger partial charge in [-0.3, -0.25) is 0 Å². The maximum atomic E-state index is 9.35. The first-order chi connectivity index (χ1) is 12.3. The number of aliphatic hydroxyl groups excluding tert-OH is 1. The molecule has 0 saturated carbocycles. The lowest BCUT2D eigenvalue weighted by Crippen LogP contribution is -2.25. The van der Waals surface area contributed by atoms with Crippen molar-refractivity contribution in [3.63, 3.8) is 0 Å². The first kappa shape index (κ1) is 17.4. The monoisotopic (exact) mass is 336 g/mol. The second-order valence-electron chi connectivity index (χ2n) is 6.23. The van der Waals surface area contributed by atoms with Crippen molar-refractivity contribution in [3.8, 4) is 11.3 Å². The van der Waals surface area contributed by atoms with Crippen molar-refractivity contribution < 1.29 is 9.63 Å². The molecule has 1 heterocycles. The van der Waals surface area contributed by atoms with Crippen LogP contribution in [-0.4, -0.2) is 23.4 Å². The Balaban J connectivity index is 1.63. The predicted octanol–water partition coefficient (Wildman–Crippen LogP) is 4.16. The Kier molecular flexibility index (Phi) is 5.99. The van der Waals surface area contributed by atoms with E-state index < -0.39 is 0 Å². The highest BCUT2D eigenvalue weighted by molar-refractivity contribution is 5.58. The molecule has 0 fully saturated rings. The molecule has 2 atom stereocenters. The van der Waals surface area contributed by atoms with Crippen LogP contribution < -0.4 is 5.32 Å². The summed E-state index contributed by atoms with van der Waals surface area (Å²) in [5, 5.41) is 17.0. The highest BCUT2D eigenvalue weighted by atomic mass is 16.5. The van der Waals surface area contributed by atoms with Crippen LogP contribution in [0.1, 0.15) is 36.6 Å². The first-order valence-electron chi connectivity index (χ1n) is 8.69. The third-order valence-corrected chi connectivity index (χ3v) is 4.44. The molecule has 0 aliphatic heterocycles. The van der Waals surface area contributed by atoms with Gasteiger partial charge in [0, 0.05) is 24.8 Å². The Morgan fingerprint density at radius 1 is 1.04 bits per heavy atom. The van der Waals surface area contributed by atoms with Crippen molar-refractivity contribution in [2.45, 2.75) is 25.3 Å². The van der Waals surface area contributed by atoms with E-state index in [0.29, 0.717) is 0 Å². The minimum Gasteiger partial charge on any atom is -0.396 e. The van der Waals surface area contributed by atoms with Crippen molar-refractivity contribution >= 4 is 0 Å². The van der Waals surface area contributed by atoms with Crippen LogP contribution >= 0.6 is 0 Å². The molecule has 2 aromatic carbocycles. The summed E-state index contributed by atoms with van der Waals surface area (Å²) in [5.74, 6) is 1.08. The van der Waals surface area contributed by atoms with Crippen LogP contribution in [0.5, 0.6) is 0 Å². The lowest BCUT2D eigenvalue weighted by atomic mass is 9.95. The highest BCUT2D eigenvalue weighted by Crippen LogP contribution is 2.24. The van der Waals surface area contributed by atoms with Crippen LogP contribution in [0.3, 0.4) is 0 Å². The van der Waals surface area contributed by atoms with Crippen LogP contribution in [0.4, 0.5) is 0 Å². The maximum Gasteiger partial charge on any atom is 0.153 e. The van der Waals surface area contributed by atoms with E-state index in [0.717, 1.165) is 30.0 Å². The van der Waals surface area contributed by atoms with Crippen LogP contribution in [0.25, 0.3) is 11.3 Å². The van der Waals surface area contributed by atoms with Gasteiger partial charge in [0.15, 0.2) is 5.76 Å². The van der Waals surface area contributed by atoms with Gasteiger partial charge in [0.05, 0.1) is 6.04 Å². The summed E-state index contributed by atoms with van der Waals surface area (Å²) in [6, 6.07) is 22.3. The van der Waals surface area contributed by atoms with E-state index >= 15 is 0 Å². The molecule has 0 bridgehead atoms. The SMILES string of the molecule is CC(NCC(CCO)c1ccccc1)c1cc(-c2ccccc2)no1. The van der Waals surface area contributed by atoms with Gasteiger partial charge in [-0.1, -0.05) is 65.8 Å². The van der Waals surface area contributed by atoms with E-state index in [1.165, 1.54) is 5.56 Å². The summed E-state index contributed by atoms with van der Waals surface area (Å²) in [6.45, 7) is 3.01. The number of benzene rings is 2. The average Bonchev–Trinajstić information content (AvgIpc) is 3.16. The van der Waals surface area contributed by atoms with Gasteiger partial charge in [0.2, 0.25) is 0 Å². The summed E-state index contributed by atoms with van der Waals surface area (Å²) in [6.07, 6.45) is 0.732. The molecule has 25 heavy (non-hydrogen) atoms. The standard InChI is InChI=1S/C21H24N2O2/c1-16(21-14-20(23-25-21)18-10-6-3-7-11-18)22-15-19(12-13-24)17-8-4-2-5-9-17/h2-11,14,16,19,22,24H,12-13,15H2,1H3. The number of nitrogens with one attached hydrogen (secondary N) is 1. The Labute approximate surface area is 148 Å². The number of hydrogen-bond donors (Lipinski definition) is 2. The Morgan fingerprint density at radius 3 is 2.40 bits per heavy atom. The van der Waals surface area contributed by atoms with Crippen molar-refractivity contribution in [1.82, 2.24) is 10.5 Å². The molecule has 0 amide bonds. The number of nitrogens with zero attached hydrogens (tertiary/aromatic N) is 1. The molecular formula is C21H24N2O2. The molecule has 4 heteroatoms. The maximum absolute atomic E-state index is 9.35. The van der Waals surface area contributed by atoms with Crippen LogP contribution in [-0.2, 0) is 0 Å². The van der Waals surface area contributed by atoms with Gasteiger partial charge in [-0.15, -0.1) is 0 Å². The van der Waals surface area contributed by atoms with Crippen molar-refractivity contribution in [2.24, 2.45) is 0 Å². The number of aromatic nitrogens is 1. The summed E-state index contributed by atoms with van der Waals surface area (Å²) in [7, 11) is 0. The lowest BCUT2D eigenvalue weighted by molar-refractivity contribution is 0.270. The first-order valence-corrected chi connectivity index (χ1v) is 8.69. The molecule has 130 valence electrons. The minimum absolute atomic E-state index is 0.0508. The number of hydrogen-bond acceptors (Lipinski definition) is 4. The van der Waals surface area contributed by atoms with Crippen LogP contribution in [0.15, 0.2) is 71.3 Å². The highest BCUT2D eigenvalue weighted by Gasteiger charge is 2.16. The van der Waals surface area contributed by atoms with Crippen LogP contribution in [0.2, 0.25) is 0 Å². The average molecular weight is 336 g/mol. The number of rotatable bonds is 8. The predicted molar refractivity (Wildman–Crippen MR) is 99.2 cm³/mol. The van der Waals surface area contributed by atoms with Crippen LogP contribution in [0, 0.1) is 0 Å². The van der Waals surface area contributed by atoms with Gasteiger partial charge in [0.25, 0.3) is 0 Å². The lowest BCUT2D eigenvalue weighted by Gasteiger charge is -2.19. The molecule has 0 aliphatic carbocycles. The largest absolute Gasteiger partial charge is 0.396 e. The smallest absolute Gasteiger partial charge is 0.153 e. The zero-order chi connectivity index (χ0) is 17.5. The fraction of sp³-hybridized carbons (Fsp3) is 0.286. The molecule has 0 radical (unpaired) electrons. The summed E-state index contributed by atoms with van der Waals surface area (Å²) >= 11 is 0. The Bertz CT molecular complexity index is 756. The Morgan fingerprint density at radius 2 is 1.72 bits per heavy atom. The van der Waals surface area contributed by atoms with E-state index in [9.17, 15) is 5.11 Å². The normalized spacial score (nSPS) is 13.5. The van der Waals surface area contributed by atoms with E-state index in [1.54, 1.807) is 0 Å². The third kappa shape index (κ3) is 4.56. The molecule has 0 spiro atoms. The zero-order valence-corrected chi connectivity index (χ0v) is 14.4. The van der Waals surface area contributed by atoms with E-state index in [4.69, 9.17) is 4.52 Å². The minimum atomic E-state index is 0.0508. The van der Waals surface area contributed by atoms with Gasteiger partial charge in [-0.05, 0) is 24.8 Å². The quantitative estimate of drug-likeness (QED) is 0.648. The molecule has 0 saturated heterocycles. The van der Waals surface area contributed by atoms with Crippen molar-refractivity contribution in [3.05, 3.63) is 78.1 Å². The molecule has 3 rings (SSSR count). The van der Waals surface area contributed by atoms with Gasteiger partial charge < -0.3 is 14.9 Å². The summed E-state index contributed by atoms with van der Waals surface area (Å²) in [4.78, 5) is 0. The molecule has 4 nitrogen and oxygen atoms in total. The number of aliphatic hydroxyl groups is 1. The molecule has 2 N–H and O–H groups in total. The fourth-order valence-electron chi connectivity index (χ4n) is 2.93. The second-order valence-corrected chi connectivity index (χ2v) is 6.23. The zero-order valence-electron chi connectivity index (χ0n) is 14.4. The molecule has 2 unspecified atom stereocenters. The van der Waals surface area contributed by atoms with Crippen molar-refractivity contribution in [2.75, 3.05) is 13.2 Å². The van der Waals surface area contributed by atoms with Gasteiger partial charge in [-0.2, -0.15) is 0 Å². The van der Waals surface area contributed by atoms with E-state index in [-0.39, 0.29) is 18.6 Å². The summed E-state index contributed by atoms with van der Waals surface area (Å²) < 4.78 is 5.52. The second kappa shape index (κ2) is 8.60. The van der Waals surface area contributed by atoms with Gasteiger partial charge in [0.1, 0.15) is 5.69 Å². The van der Waals surface area contributed by atoms with E-state index in [1.807, 2.05) is 54.6 Å². The van der Waals surface area contributed by atoms with Gasteiger partial charge >= 0.3 is 0 Å². The molecular weight excluding hydrogens is 312 g/mol. The Hall–Kier alpha value is -2.43. The molecule has 0 aliphatic rings. The van der Waals surface area contributed by atoms with E-state index in [2.05, 4.69) is 29.5 Å².